The normalized spacial score (nSPS) is 17.8. The van der Waals surface area contributed by atoms with Crippen LogP contribution >= 0.6 is 0 Å². The molecule has 3 amide bonds. The number of hydrogen-bond acceptors (Lipinski definition) is 13. The van der Waals surface area contributed by atoms with Crippen LogP contribution in [0.5, 0.6) is 0 Å². The Labute approximate surface area is 447 Å². The molecule has 0 bridgehead atoms. The summed E-state index contributed by atoms with van der Waals surface area (Å²) >= 11 is 0. The Hall–Kier alpha value is -5.72. The average Bonchev–Trinajstić information content (AvgIpc) is 3.37. The zero-order valence-electron chi connectivity index (χ0n) is 47.5. The third-order valence-corrected chi connectivity index (χ3v) is 16.6. The number of hydrogen-bond donors (Lipinski definition) is 2. The molecule has 6 rings (SSSR count). The first-order chi connectivity index (χ1) is 35.5. The van der Waals surface area contributed by atoms with E-state index in [1.54, 1.807) is 11.9 Å². The maximum absolute atomic E-state index is 14.7. The summed E-state index contributed by atoms with van der Waals surface area (Å²) in [5, 5.41) is 39.8. The number of nitrogens with zero attached hydrogens (tertiary/aromatic N) is 9. The standard InChI is InChI=1S/C59H85N11O5/c1-41-30-44(4)50(36-53(71)62-57(39-60)18-24-68(25-19-57)64(6)7)46(32-41)14-16-48-34-43(3)35-49(52(48)37-54(72)63-59(56(74)75-13)22-28-70(29-23-59)66(10)11)17-15-47-33-42(2)31-45(5)51(47)38-55(73)67(12)58(40-61)20-26-69(27-21-58)65(8)9/h30-35H,14-29,36-38H2,1-13H3,(H,62,71)(H,63,72). The Bertz CT molecular complexity index is 2640. The molecular formula is C59H85N11O5. The van der Waals surface area contributed by atoms with Crippen LogP contribution in [0.1, 0.15) is 105 Å². The number of esters is 1. The van der Waals surface area contributed by atoms with Crippen molar-refractivity contribution >= 4 is 23.7 Å². The number of benzene rings is 3. The highest BCUT2D eigenvalue weighted by Gasteiger charge is 2.45. The molecule has 3 aliphatic rings. The highest BCUT2D eigenvalue weighted by atomic mass is 16.5. The summed E-state index contributed by atoms with van der Waals surface area (Å²) in [5.41, 5.74) is 9.18. The number of methoxy groups -OCH3 is 1. The summed E-state index contributed by atoms with van der Waals surface area (Å²) in [4.78, 5) is 58.2. The van der Waals surface area contributed by atoms with Crippen molar-refractivity contribution in [3.8, 4) is 12.1 Å². The highest BCUT2D eigenvalue weighted by molar-refractivity contribution is 5.89. The van der Waals surface area contributed by atoms with Crippen LogP contribution in [0.15, 0.2) is 36.4 Å². The van der Waals surface area contributed by atoms with E-state index in [0.717, 1.165) is 66.8 Å². The monoisotopic (exact) mass is 1030 g/mol. The van der Waals surface area contributed by atoms with Gasteiger partial charge in [-0.3, -0.25) is 14.4 Å². The van der Waals surface area contributed by atoms with Gasteiger partial charge < -0.3 is 20.3 Å². The zero-order valence-corrected chi connectivity index (χ0v) is 47.5. The zero-order chi connectivity index (χ0) is 55.0. The summed E-state index contributed by atoms with van der Waals surface area (Å²) in [5.74, 6) is -0.984. The molecule has 3 aromatic rings. The summed E-state index contributed by atoms with van der Waals surface area (Å²) < 4.78 is 5.35. The first kappa shape index (κ1) is 58.5. The topological polar surface area (TPSA) is 172 Å². The number of piperidine rings is 3. The molecule has 0 radical (unpaired) electrons. The minimum atomic E-state index is -1.17. The van der Waals surface area contributed by atoms with Gasteiger partial charge in [-0.2, -0.15) is 10.5 Å². The third kappa shape index (κ3) is 14.0. The maximum Gasteiger partial charge on any atom is 0.331 e. The van der Waals surface area contributed by atoms with Gasteiger partial charge in [0.1, 0.15) is 16.6 Å². The van der Waals surface area contributed by atoms with E-state index in [9.17, 15) is 29.7 Å². The van der Waals surface area contributed by atoms with Crippen molar-refractivity contribution in [1.82, 2.24) is 45.6 Å². The number of likely N-dealkylation sites (N-methyl/N-ethyl adjacent to an activating group) is 1. The van der Waals surface area contributed by atoms with Crippen LogP contribution in [0.3, 0.4) is 0 Å². The number of carbonyl (C=O) groups excluding carboxylic acids is 4. The number of nitriles is 2. The van der Waals surface area contributed by atoms with E-state index < -0.39 is 22.6 Å². The van der Waals surface area contributed by atoms with E-state index >= 15 is 0 Å². The Morgan fingerprint density at radius 1 is 0.533 bits per heavy atom. The summed E-state index contributed by atoms with van der Waals surface area (Å²) in [7, 11) is 15.1. The van der Waals surface area contributed by atoms with Gasteiger partial charge in [-0.1, -0.05) is 53.1 Å². The summed E-state index contributed by atoms with van der Waals surface area (Å²) in [6, 6.07) is 17.8. The van der Waals surface area contributed by atoms with Crippen molar-refractivity contribution in [2.45, 2.75) is 135 Å². The van der Waals surface area contributed by atoms with E-state index in [1.807, 2.05) is 64.2 Å². The lowest BCUT2D eigenvalue weighted by molar-refractivity contribution is -0.155. The van der Waals surface area contributed by atoms with Crippen LogP contribution in [-0.4, -0.2) is 171 Å². The number of nitrogens with one attached hydrogen (secondary N) is 2. The lowest BCUT2D eigenvalue weighted by Gasteiger charge is -2.44. The molecular weight excluding hydrogens is 943 g/mol. The van der Waals surface area contributed by atoms with Crippen LogP contribution in [0.4, 0.5) is 0 Å². The van der Waals surface area contributed by atoms with Gasteiger partial charge in [0, 0.05) is 88.6 Å². The second-order valence-electron chi connectivity index (χ2n) is 22.4. The van der Waals surface area contributed by atoms with Crippen molar-refractivity contribution in [2.75, 3.05) is 95.7 Å². The largest absolute Gasteiger partial charge is 0.467 e. The van der Waals surface area contributed by atoms with Crippen molar-refractivity contribution in [3.63, 3.8) is 0 Å². The molecule has 0 unspecified atom stereocenters. The van der Waals surface area contributed by atoms with Gasteiger partial charge in [0.05, 0.1) is 38.5 Å². The van der Waals surface area contributed by atoms with Gasteiger partial charge in [-0.15, -0.1) is 0 Å². The molecule has 2 N–H and O–H groups in total. The smallest absolute Gasteiger partial charge is 0.331 e. The second-order valence-corrected chi connectivity index (χ2v) is 22.4. The first-order valence-electron chi connectivity index (χ1n) is 26.8. The van der Waals surface area contributed by atoms with E-state index in [-0.39, 0.29) is 37.0 Å². The number of aryl methyl sites for hydroxylation is 9. The molecule has 0 aromatic heterocycles. The average molecular weight is 1030 g/mol. The molecule has 16 heteroatoms. The molecule has 406 valence electrons. The number of rotatable bonds is 19. The van der Waals surface area contributed by atoms with Crippen LogP contribution in [0.25, 0.3) is 0 Å². The lowest BCUT2D eigenvalue weighted by atomic mass is 9.85. The molecule has 3 fully saturated rings. The van der Waals surface area contributed by atoms with E-state index in [1.165, 1.54) is 7.11 Å². The fourth-order valence-corrected chi connectivity index (χ4v) is 11.9. The van der Waals surface area contributed by atoms with Gasteiger partial charge in [-0.05, 0) is 149 Å². The molecule has 0 aliphatic carbocycles. The van der Waals surface area contributed by atoms with Crippen molar-refractivity contribution in [1.29, 1.82) is 10.5 Å². The van der Waals surface area contributed by atoms with Crippen molar-refractivity contribution in [2.24, 2.45) is 0 Å². The second kappa shape index (κ2) is 25.0. The maximum atomic E-state index is 14.7. The quantitative estimate of drug-likeness (QED) is 0.149. The van der Waals surface area contributed by atoms with Crippen LogP contribution in [-0.2, 0) is 68.9 Å². The van der Waals surface area contributed by atoms with Gasteiger partial charge in [0.25, 0.3) is 0 Å². The number of carbonyl (C=O) groups is 4. The third-order valence-electron chi connectivity index (χ3n) is 16.6. The predicted molar refractivity (Wildman–Crippen MR) is 293 cm³/mol. The summed E-state index contributed by atoms with van der Waals surface area (Å²) in [6.45, 7) is 14.2. The van der Waals surface area contributed by atoms with Gasteiger partial charge in [0.2, 0.25) is 17.7 Å². The predicted octanol–water partition coefficient (Wildman–Crippen LogP) is 5.27. The van der Waals surface area contributed by atoms with Crippen LogP contribution in [0, 0.1) is 57.3 Å². The molecule has 16 nitrogen and oxygen atoms in total. The first-order valence-corrected chi connectivity index (χ1v) is 26.8. The molecule has 3 saturated heterocycles. The Morgan fingerprint density at radius 2 is 0.907 bits per heavy atom. The van der Waals surface area contributed by atoms with E-state index in [2.05, 4.69) is 102 Å². The molecule has 3 heterocycles. The van der Waals surface area contributed by atoms with E-state index in [4.69, 9.17) is 4.74 Å². The number of amides is 3. The minimum Gasteiger partial charge on any atom is -0.467 e. The van der Waals surface area contributed by atoms with E-state index in [0.29, 0.717) is 103 Å². The Kier molecular flexibility index (Phi) is 19.5. The van der Waals surface area contributed by atoms with Gasteiger partial charge in [-0.25, -0.2) is 34.8 Å². The fourth-order valence-electron chi connectivity index (χ4n) is 11.9. The van der Waals surface area contributed by atoms with Gasteiger partial charge >= 0.3 is 5.97 Å². The number of ether oxygens (including phenoxy) is 1. The summed E-state index contributed by atoms with van der Waals surface area (Å²) in [6.07, 6.45) is 5.71. The minimum absolute atomic E-state index is 0.0369. The molecule has 3 aromatic carbocycles. The van der Waals surface area contributed by atoms with Crippen LogP contribution < -0.4 is 10.6 Å². The molecule has 0 atom stereocenters. The van der Waals surface area contributed by atoms with Crippen molar-refractivity contribution < 1.29 is 23.9 Å². The number of hydrazine groups is 3. The van der Waals surface area contributed by atoms with Gasteiger partial charge in [0.15, 0.2) is 0 Å². The Balaban J connectivity index is 1.31. The fraction of sp³-hybridized carbons (Fsp3) is 0.593. The Morgan fingerprint density at radius 3 is 1.32 bits per heavy atom. The molecule has 75 heavy (non-hydrogen) atoms. The molecule has 0 spiro atoms. The SMILES string of the molecule is COC(=O)C1(NC(=O)Cc2c(CCc3cc(C)cc(C)c3CC(=O)NC3(C#N)CCN(N(C)C)CC3)cc(C)cc2CCc2cc(C)cc(C)c2CC(=O)N(C)C2(C#N)CCN(N(C)C)CC2)CCN(N(C)C)CC1. The molecule has 0 saturated carbocycles. The van der Waals surface area contributed by atoms with Crippen LogP contribution in [0.2, 0.25) is 0 Å². The molecule has 3 aliphatic heterocycles. The highest BCUT2D eigenvalue weighted by Crippen LogP contribution is 2.32. The lowest BCUT2D eigenvalue weighted by Crippen LogP contribution is -2.62. The van der Waals surface area contributed by atoms with Crippen molar-refractivity contribution in [3.05, 3.63) is 103 Å².